The third-order valence-electron chi connectivity index (χ3n) is 4.41. The van der Waals surface area contributed by atoms with Crippen LogP contribution in [0.1, 0.15) is 51.9 Å². The van der Waals surface area contributed by atoms with E-state index >= 15 is 0 Å². The molecule has 1 N–H and O–H groups in total. The molecule has 1 saturated heterocycles. The molecule has 2 fully saturated rings. The minimum absolute atomic E-state index is 0.00989. The average molecular weight is 225 g/mol. The van der Waals surface area contributed by atoms with Gasteiger partial charge in [-0.2, -0.15) is 0 Å². The molecule has 1 aliphatic carbocycles. The molecule has 2 nitrogen and oxygen atoms in total. The van der Waals surface area contributed by atoms with E-state index in [2.05, 4.69) is 11.8 Å². The summed E-state index contributed by atoms with van der Waals surface area (Å²) in [7, 11) is 0. The van der Waals surface area contributed by atoms with Gasteiger partial charge in [0.25, 0.3) is 0 Å². The Labute approximate surface area is 100 Å². The zero-order chi connectivity index (χ0) is 11.4. The molecule has 0 aromatic rings. The molecule has 0 bridgehead atoms. The number of aliphatic hydroxyl groups excluding tert-OH is 1. The third kappa shape index (κ3) is 3.74. The van der Waals surface area contributed by atoms with Gasteiger partial charge in [-0.15, -0.1) is 0 Å². The Balaban J connectivity index is 1.54. The topological polar surface area (TPSA) is 23.5 Å². The van der Waals surface area contributed by atoms with Crippen molar-refractivity contribution in [2.24, 2.45) is 11.8 Å². The van der Waals surface area contributed by atoms with Crippen molar-refractivity contribution in [3.63, 3.8) is 0 Å². The quantitative estimate of drug-likeness (QED) is 0.795. The van der Waals surface area contributed by atoms with Crippen molar-refractivity contribution in [2.45, 2.75) is 58.0 Å². The van der Waals surface area contributed by atoms with Crippen LogP contribution in [0.15, 0.2) is 0 Å². The van der Waals surface area contributed by atoms with Gasteiger partial charge in [0.1, 0.15) is 0 Å². The number of nitrogens with zero attached hydrogens (tertiary/aromatic N) is 1. The van der Waals surface area contributed by atoms with Gasteiger partial charge in [-0.05, 0) is 69.9 Å². The Morgan fingerprint density at radius 3 is 2.50 bits per heavy atom. The van der Waals surface area contributed by atoms with Crippen LogP contribution in [0.4, 0.5) is 0 Å². The zero-order valence-corrected chi connectivity index (χ0v) is 10.7. The van der Waals surface area contributed by atoms with Crippen LogP contribution >= 0.6 is 0 Å². The molecule has 0 amide bonds. The van der Waals surface area contributed by atoms with Gasteiger partial charge in [-0.25, -0.2) is 0 Å². The summed E-state index contributed by atoms with van der Waals surface area (Å²) in [4.78, 5) is 2.63. The van der Waals surface area contributed by atoms with E-state index in [9.17, 15) is 5.11 Å². The van der Waals surface area contributed by atoms with Gasteiger partial charge in [-0.3, -0.25) is 0 Å². The Morgan fingerprint density at radius 2 is 1.88 bits per heavy atom. The molecule has 1 atom stereocenters. The van der Waals surface area contributed by atoms with E-state index < -0.39 is 0 Å². The molecule has 94 valence electrons. The fourth-order valence-corrected chi connectivity index (χ4v) is 3.27. The molecular weight excluding hydrogens is 198 g/mol. The highest BCUT2D eigenvalue weighted by Gasteiger charge is 2.21. The minimum atomic E-state index is 0.00989. The Morgan fingerprint density at radius 1 is 1.12 bits per heavy atom. The first-order chi connectivity index (χ1) is 7.74. The van der Waals surface area contributed by atoms with Gasteiger partial charge in [0, 0.05) is 6.54 Å². The number of aliphatic hydroxyl groups is 1. The van der Waals surface area contributed by atoms with Crippen LogP contribution in [0.3, 0.4) is 0 Å². The molecule has 0 spiro atoms. The maximum absolute atomic E-state index is 9.45. The van der Waals surface area contributed by atoms with Crippen molar-refractivity contribution in [3.05, 3.63) is 0 Å². The molecule has 1 aliphatic heterocycles. The lowest BCUT2D eigenvalue weighted by Crippen LogP contribution is -2.23. The fourth-order valence-electron chi connectivity index (χ4n) is 3.27. The van der Waals surface area contributed by atoms with Gasteiger partial charge in [0.2, 0.25) is 0 Å². The Kier molecular flexibility index (Phi) is 4.66. The summed E-state index contributed by atoms with van der Waals surface area (Å²) in [6.07, 6.45) is 8.78. The summed E-state index contributed by atoms with van der Waals surface area (Å²) in [5.74, 6) is 1.83. The lowest BCUT2D eigenvalue weighted by atomic mass is 9.84. The van der Waals surface area contributed by atoms with Crippen LogP contribution in [0.2, 0.25) is 0 Å². The van der Waals surface area contributed by atoms with E-state index in [0.29, 0.717) is 0 Å². The second-order valence-corrected chi connectivity index (χ2v) is 6.01. The largest absolute Gasteiger partial charge is 0.393 e. The van der Waals surface area contributed by atoms with Crippen LogP contribution in [0.25, 0.3) is 0 Å². The summed E-state index contributed by atoms with van der Waals surface area (Å²) in [5.41, 5.74) is 0. The van der Waals surface area contributed by atoms with Crippen molar-refractivity contribution < 1.29 is 5.11 Å². The number of likely N-dealkylation sites (tertiary alicyclic amines) is 1. The molecule has 2 rings (SSSR count). The maximum Gasteiger partial charge on any atom is 0.0540 e. The molecule has 1 unspecified atom stereocenters. The highest BCUT2D eigenvalue weighted by Crippen LogP contribution is 2.28. The average Bonchev–Trinajstić information content (AvgIpc) is 2.67. The first-order valence-corrected chi connectivity index (χ1v) is 7.14. The van der Waals surface area contributed by atoms with Crippen molar-refractivity contribution in [1.29, 1.82) is 0 Å². The van der Waals surface area contributed by atoms with Gasteiger partial charge < -0.3 is 10.0 Å². The molecule has 0 aromatic carbocycles. The lowest BCUT2D eigenvalue weighted by molar-refractivity contribution is 0.105. The van der Waals surface area contributed by atoms with Crippen molar-refractivity contribution in [1.82, 2.24) is 4.90 Å². The van der Waals surface area contributed by atoms with Crippen molar-refractivity contribution >= 4 is 0 Å². The molecule has 2 aliphatic rings. The predicted molar refractivity (Wildman–Crippen MR) is 67.4 cm³/mol. The normalized spacial score (nSPS) is 36.8. The molecule has 0 aromatic heterocycles. The minimum Gasteiger partial charge on any atom is -0.393 e. The summed E-state index contributed by atoms with van der Waals surface area (Å²) < 4.78 is 0. The molecular formula is C14H27NO. The Bertz CT molecular complexity index is 199. The van der Waals surface area contributed by atoms with Crippen LogP contribution in [0.5, 0.6) is 0 Å². The maximum atomic E-state index is 9.45. The molecule has 1 heterocycles. The molecule has 16 heavy (non-hydrogen) atoms. The van der Waals surface area contributed by atoms with Crippen LogP contribution in [-0.2, 0) is 0 Å². The monoisotopic (exact) mass is 225 g/mol. The number of hydrogen-bond acceptors (Lipinski definition) is 2. The summed E-state index contributed by atoms with van der Waals surface area (Å²) in [6, 6.07) is 0. The highest BCUT2D eigenvalue weighted by molar-refractivity contribution is 4.74. The molecule has 1 saturated carbocycles. The second kappa shape index (κ2) is 6.02. The van der Waals surface area contributed by atoms with Crippen LogP contribution in [-0.4, -0.2) is 35.7 Å². The van der Waals surface area contributed by atoms with Crippen molar-refractivity contribution in [3.8, 4) is 0 Å². The van der Waals surface area contributed by atoms with Gasteiger partial charge in [0.15, 0.2) is 0 Å². The van der Waals surface area contributed by atoms with Crippen LogP contribution < -0.4 is 0 Å². The fraction of sp³-hybridized carbons (Fsp3) is 1.00. The highest BCUT2D eigenvalue weighted by atomic mass is 16.3. The second-order valence-electron chi connectivity index (χ2n) is 6.01. The summed E-state index contributed by atoms with van der Waals surface area (Å²) in [6.45, 7) is 6.32. The first-order valence-electron chi connectivity index (χ1n) is 7.14. The van der Waals surface area contributed by atoms with Gasteiger partial charge in [0.05, 0.1) is 6.10 Å². The summed E-state index contributed by atoms with van der Waals surface area (Å²) >= 11 is 0. The smallest absolute Gasteiger partial charge is 0.0540 e. The van der Waals surface area contributed by atoms with Gasteiger partial charge in [-0.1, -0.05) is 6.92 Å². The van der Waals surface area contributed by atoms with E-state index in [4.69, 9.17) is 0 Å². The summed E-state index contributed by atoms with van der Waals surface area (Å²) in [5, 5.41) is 9.45. The van der Waals surface area contributed by atoms with Crippen molar-refractivity contribution in [2.75, 3.05) is 19.6 Å². The SMILES string of the molecule is CC1CCN(CCCC2CCC(O)CC2)C1. The molecule has 0 radical (unpaired) electrons. The molecule has 2 heteroatoms. The van der Waals surface area contributed by atoms with E-state index in [1.807, 2.05) is 0 Å². The van der Waals surface area contributed by atoms with Gasteiger partial charge >= 0.3 is 0 Å². The predicted octanol–water partition coefficient (Wildman–Crippen LogP) is 2.66. The van der Waals surface area contributed by atoms with E-state index in [-0.39, 0.29) is 6.10 Å². The lowest BCUT2D eigenvalue weighted by Gasteiger charge is -2.26. The van der Waals surface area contributed by atoms with E-state index in [0.717, 1.165) is 24.7 Å². The first kappa shape index (κ1) is 12.4. The van der Waals surface area contributed by atoms with E-state index in [1.165, 1.54) is 51.7 Å². The third-order valence-corrected chi connectivity index (χ3v) is 4.41. The van der Waals surface area contributed by atoms with E-state index in [1.54, 1.807) is 0 Å². The number of hydrogen-bond donors (Lipinski definition) is 1. The standard InChI is InChI=1S/C14H27NO/c1-12-8-10-15(11-12)9-2-3-13-4-6-14(16)7-5-13/h12-14,16H,2-11H2,1H3. The Hall–Kier alpha value is -0.0800. The van der Waals surface area contributed by atoms with Crippen LogP contribution in [0, 0.1) is 11.8 Å². The zero-order valence-electron chi connectivity index (χ0n) is 10.7. The number of rotatable bonds is 4.